The van der Waals surface area contributed by atoms with E-state index in [0.29, 0.717) is 0 Å². The van der Waals surface area contributed by atoms with Gasteiger partial charge in [0.25, 0.3) is 0 Å². The van der Waals surface area contributed by atoms with Crippen LogP contribution in [-0.2, 0) is 18.3 Å². The summed E-state index contributed by atoms with van der Waals surface area (Å²) in [5.74, 6) is 0. The first-order valence-corrected chi connectivity index (χ1v) is 10.7. The third-order valence-electron chi connectivity index (χ3n) is 7.44. The number of fused-ring (bicyclic) bond motifs is 3. The fraction of sp³-hybridized carbons (Fsp3) is 0.172. The molecule has 0 spiro atoms. The lowest BCUT2D eigenvalue weighted by molar-refractivity contribution is 0.645. The van der Waals surface area contributed by atoms with E-state index in [0.717, 1.165) is 12.8 Å². The minimum atomic E-state index is -0.0114. The first-order valence-electron chi connectivity index (χ1n) is 10.7. The molecule has 3 aliphatic carbocycles. The van der Waals surface area contributed by atoms with Crippen LogP contribution in [0.4, 0.5) is 0 Å². The maximum atomic E-state index is 2.51. The highest BCUT2D eigenvalue weighted by Gasteiger charge is 2.36. The Labute approximate surface area is 171 Å². The van der Waals surface area contributed by atoms with Gasteiger partial charge in [0.1, 0.15) is 0 Å². The van der Waals surface area contributed by atoms with Crippen molar-refractivity contribution >= 4 is 33.7 Å². The van der Waals surface area contributed by atoms with Crippen LogP contribution in [0.2, 0.25) is 0 Å². The van der Waals surface area contributed by atoms with Gasteiger partial charge in [0.2, 0.25) is 0 Å². The molecule has 0 nitrogen and oxygen atoms in total. The van der Waals surface area contributed by atoms with E-state index >= 15 is 0 Å². The first-order chi connectivity index (χ1) is 14.1. The number of rotatable bonds is 0. The smallest absolute Gasteiger partial charge is 0.0159 e. The number of hydrogen-bond donors (Lipinski definition) is 0. The number of allylic oxidation sites excluding steroid dienone is 2. The second-order valence-corrected chi connectivity index (χ2v) is 9.29. The molecule has 0 aliphatic heterocycles. The van der Waals surface area contributed by atoms with Gasteiger partial charge in [-0.15, -0.1) is 0 Å². The third-order valence-corrected chi connectivity index (χ3v) is 7.44. The summed E-state index contributed by atoms with van der Waals surface area (Å²) in [6.07, 6.45) is 11.3. The normalized spacial score (nSPS) is 17.0. The third kappa shape index (κ3) is 1.81. The van der Waals surface area contributed by atoms with Gasteiger partial charge in [0.15, 0.2) is 0 Å². The molecule has 0 saturated heterocycles. The summed E-state index contributed by atoms with van der Waals surface area (Å²) in [4.78, 5) is 0. The molecule has 0 heteroatoms. The lowest BCUT2D eigenvalue weighted by atomic mass is 9.65. The minimum absolute atomic E-state index is 0.0114. The van der Waals surface area contributed by atoms with Crippen LogP contribution >= 0.6 is 0 Å². The summed E-state index contributed by atoms with van der Waals surface area (Å²) < 4.78 is 0. The summed E-state index contributed by atoms with van der Waals surface area (Å²) in [7, 11) is 0. The van der Waals surface area contributed by atoms with E-state index in [1.54, 1.807) is 0 Å². The Morgan fingerprint density at radius 1 is 0.690 bits per heavy atom. The van der Waals surface area contributed by atoms with Crippen LogP contribution in [0, 0.1) is 0 Å². The van der Waals surface area contributed by atoms with E-state index < -0.39 is 0 Å². The van der Waals surface area contributed by atoms with Gasteiger partial charge >= 0.3 is 0 Å². The Balaban J connectivity index is 1.75. The molecular weight excluding hydrogens is 348 g/mol. The molecular formula is C29H22. The monoisotopic (exact) mass is 370 g/mol. The summed E-state index contributed by atoms with van der Waals surface area (Å²) in [5, 5.41) is 5.83. The Morgan fingerprint density at radius 3 is 2.34 bits per heavy atom. The van der Waals surface area contributed by atoms with Gasteiger partial charge < -0.3 is 0 Å². The van der Waals surface area contributed by atoms with E-state index in [4.69, 9.17) is 0 Å². The van der Waals surface area contributed by atoms with Gasteiger partial charge in [-0.05, 0) is 78.9 Å². The first kappa shape index (κ1) is 15.8. The van der Waals surface area contributed by atoms with Crippen LogP contribution in [0.25, 0.3) is 44.8 Å². The van der Waals surface area contributed by atoms with Gasteiger partial charge in [0.05, 0.1) is 0 Å². The van der Waals surface area contributed by atoms with Crippen molar-refractivity contribution in [2.75, 3.05) is 0 Å². The summed E-state index contributed by atoms with van der Waals surface area (Å²) in [5.41, 5.74) is 11.5. The van der Waals surface area contributed by atoms with Gasteiger partial charge in [-0.1, -0.05) is 86.7 Å². The molecule has 0 unspecified atom stereocenters. The number of benzene rings is 4. The zero-order valence-corrected chi connectivity index (χ0v) is 16.8. The second-order valence-electron chi connectivity index (χ2n) is 9.29. The topological polar surface area (TPSA) is 0 Å². The Morgan fingerprint density at radius 2 is 1.48 bits per heavy atom. The molecule has 0 bridgehead atoms. The van der Waals surface area contributed by atoms with Crippen molar-refractivity contribution < 1.29 is 0 Å². The molecule has 0 N–H and O–H groups in total. The molecule has 0 saturated carbocycles. The summed E-state index contributed by atoms with van der Waals surface area (Å²) in [6, 6.07) is 18.8. The van der Waals surface area contributed by atoms with Crippen LogP contribution in [0.1, 0.15) is 47.2 Å². The number of hydrogen-bond acceptors (Lipinski definition) is 0. The van der Waals surface area contributed by atoms with Gasteiger partial charge in [-0.3, -0.25) is 0 Å². The SMILES string of the molecule is CC1(C)c2cc3c4c(cccc4c2-c2ccc4c5c(ccc1c25)C=CC4)C=CC3. The summed E-state index contributed by atoms with van der Waals surface area (Å²) >= 11 is 0. The lowest BCUT2D eigenvalue weighted by Gasteiger charge is -2.38. The van der Waals surface area contributed by atoms with Crippen molar-refractivity contribution in [1.82, 2.24) is 0 Å². The predicted octanol–water partition coefficient (Wildman–Crippen LogP) is 7.44. The van der Waals surface area contributed by atoms with Crippen LogP contribution in [0.5, 0.6) is 0 Å². The van der Waals surface area contributed by atoms with Gasteiger partial charge in [0, 0.05) is 5.41 Å². The maximum Gasteiger partial charge on any atom is 0.0159 e. The standard InChI is InChI=1S/C29H22/c1-29(2)23-15-13-19-8-3-7-18-12-14-22(28(23)26(18)19)27-21-11-5-9-17-6-4-10-20(25(17)21)16-24(27)29/h3-6,8-9,11-16H,7,10H2,1-2H3. The van der Waals surface area contributed by atoms with Crippen molar-refractivity contribution in [3.63, 3.8) is 0 Å². The molecule has 3 aliphatic rings. The van der Waals surface area contributed by atoms with Crippen molar-refractivity contribution in [1.29, 1.82) is 0 Å². The molecule has 0 aromatic heterocycles. The fourth-order valence-corrected chi connectivity index (χ4v) is 6.09. The van der Waals surface area contributed by atoms with Crippen molar-refractivity contribution in [3.8, 4) is 11.1 Å². The van der Waals surface area contributed by atoms with Gasteiger partial charge in [-0.2, -0.15) is 0 Å². The zero-order chi connectivity index (χ0) is 19.3. The fourth-order valence-electron chi connectivity index (χ4n) is 6.09. The Hall–Kier alpha value is -3.12. The highest BCUT2D eigenvalue weighted by molar-refractivity contribution is 6.15. The van der Waals surface area contributed by atoms with Crippen LogP contribution in [-0.4, -0.2) is 0 Å². The summed E-state index contributed by atoms with van der Waals surface area (Å²) in [6.45, 7) is 4.83. The van der Waals surface area contributed by atoms with E-state index in [2.05, 4.69) is 86.7 Å². The van der Waals surface area contributed by atoms with E-state index in [1.807, 2.05) is 0 Å². The molecule has 0 radical (unpaired) electrons. The quantitative estimate of drug-likeness (QED) is 0.302. The maximum absolute atomic E-state index is 2.51. The lowest BCUT2D eigenvalue weighted by Crippen LogP contribution is -2.25. The largest absolute Gasteiger partial charge is 0.0795 e. The van der Waals surface area contributed by atoms with E-state index in [1.165, 1.54) is 66.1 Å². The molecule has 0 amide bonds. The van der Waals surface area contributed by atoms with Crippen molar-refractivity contribution in [2.45, 2.75) is 32.1 Å². The van der Waals surface area contributed by atoms with E-state index in [-0.39, 0.29) is 5.41 Å². The molecule has 0 atom stereocenters. The average Bonchev–Trinajstić information content (AvgIpc) is 2.74. The molecule has 7 rings (SSSR count). The van der Waals surface area contributed by atoms with Crippen LogP contribution < -0.4 is 0 Å². The second kappa shape index (κ2) is 5.07. The molecule has 4 aromatic rings. The van der Waals surface area contributed by atoms with Gasteiger partial charge in [-0.25, -0.2) is 0 Å². The molecule has 138 valence electrons. The van der Waals surface area contributed by atoms with Crippen molar-refractivity contribution in [2.24, 2.45) is 0 Å². The van der Waals surface area contributed by atoms with Crippen LogP contribution in [0.15, 0.2) is 60.7 Å². The van der Waals surface area contributed by atoms with E-state index in [9.17, 15) is 0 Å². The Kier molecular flexibility index (Phi) is 2.76. The molecule has 0 heterocycles. The zero-order valence-electron chi connectivity index (χ0n) is 16.8. The van der Waals surface area contributed by atoms with Crippen molar-refractivity contribution in [3.05, 3.63) is 94.1 Å². The predicted molar refractivity (Wildman–Crippen MR) is 124 cm³/mol. The minimum Gasteiger partial charge on any atom is -0.0795 e. The highest BCUT2D eigenvalue weighted by Crippen LogP contribution is 2.53. The molecule has 0 fully saturated rings. The highest BCUT2D eigenvalue weighted by atomic mass is 14.4. The Bertz CT molecular complexity index is 1460. The average molecular weight is 370 g/mol. The van der Waals surface area contributed by atoms with Crippen LogP contribution in [0.3, 0.4) is 0 Å². The molecule has 4 aromatic carbocycles. The molecule has 29 heavy (non-hydrogen) atoms.